The van der Waals surface area contributed by atoms with Gasteiger partial charge in [-0.1, -0.05) is 19.1 Å². The Morgan fingerprint density at radius 1 is 1.16 bits per heavy atom. The van der Waals surface area contributed by atoms with E-state index in [1.54, 1.807) is 7.11 Å². The first-order chi connectivity index (χ1) is 14.9. The van der Waals surface area contributed by atoms with Gasteiger partial charge in [-0.05, 0) is 83.7 Å². The van der Waals surface area contributed by atoms with E-state index in [1.807, 2.05) is 24.3 Å². The highest BCUT2D eigenvalue weighted by molar-refractivity contribution is 9.10. The van der Waals surface area contributed by atoms with Crippen LogP contribution in [0.3, 0.4) is 0 Å². The molecule has 0 radical (unpaired) electrons. The molecule has 0 saturated carbocycles. The van der Waals surface area contributed by atoms with Crippen LogP contribution in [0.4, 0.5) is 10.1 Å². The third-order valence-electron chi connectivity index (χ3n) is 5.60. The van der Waals surface area contributed by atoms with Gasteiger partial charge in [-0.25, -0.2) is 4.39 Å². The minimum atomic E-state index is -0.831. The van der Waals surface area contributed by atoms with E-state index in [4.69, 9.17) is 4.74 Å². The molecule has 3 rings (SSSR count). The number of likely N-dealkylation sites (tertiary alicyclic amines) is 1. The van der Waals surface area contributed by atoms with Crippen molar-refractivity contribution in [3.05, 3.63) is 58.3 Å². The van der Waals surface area contributed by atoms with Crippen LogP contribution in [0.5, 0.6) is 5.75 Å². The molecule has 1 fully saturated rings. The minimum Gasteiger partial charge on any atom is -0.497 e. The van der Waals surface area contributed by atoms with Crippen LogP contribution in [0, 0.1) is 11.7 Å². The molecule has 1 saturated heterocycles. The van der Waals surface area contributed by atoms with E-state index >= 15 is 0 Å². The van der Waals surface area contributed by atoms with Crippen molar-refractivity contribution >= 4 is 33.4 Å². The normalized spacial score (nSPS) is 15.9. The summed E-state index contributed by atoms with van der Waals surface area (Å²) in [6.07, 6.45) is 2.19. The summed E-state index contributed by atoms with van der Waals surface area (Å²) in [6.45, 7) is 4.40. The zero-order valence-corrected chi connectivity index (χ0v) is 19.2. The lowest BCUT2D eigenvalue weighted by Gasteiger charge is -2.37. The molecule has 8 heteroatoms. The first kappa shape index (κ1) is 23.2. The van der Waals surface area contributed by atoms with Crippen LogP contribution in [0.25, 0.3) is 0 Å². The number of methoxy groups -OCH3 is 1. The number of rotatable bonds is 6. The average Bonchev–Trinajstić information content (AvgIpc) is 2.77. The van der Waals surface area contributed by atoms with E-state index < -0.39 is 17.6 Å². The topological polar surface area (TPSA) is 70.7 Å². The highest BCUT2D eigenvalue weighted by atomic mass is 79.9. The molecule has 2 N–H and O–H groups in total. The molecule has 0 aromatic heterocycles. The second-order valence-electron chi connectivity index (χ2n) is 7.80. The average molecular weight is 492 g/mol. The molecule has 0 bridgehead atoms. The van der Waals surface area contributed by atoms with Gasteiger partial charge in [-0.3, -0.25) is 14.5 Å². The Hall–Kier alpha value is -2.45. The van der Waals surface area contributed by atoms with Crippen molar-refractivity contribution < 1.29 is 18.7 Å². The summed E-state index contributed by atoms with van der Waals surface area (Å²) in [5.41, 5.74) is 1.27. The van der Waals surface area contributed by atoms with E-state index in [2.05, 4.69) is 38.4 Å². The van der Waals surface area contributed by atoms with Gasteiger partial charge in [0.15, 0.2) is 0 Å². The van der Waals surface area contributed by atoms with Crippen molar-refractivity contribution in [2.45, 2.75) is 25.8 Å². The van der Waals surface area contributed by atoms with Gasteiger partial charge in [-0.15, -0.1) is 0 Å². The number of benzene rings is 2. The quantitative estimate of drug-likeness (QED) is 0.596. The van der Waals surface area contributed by atoms with Crippen LogP contribution in [-0.4, -0.2) is 43.5 Å². The molecule has 1 heterocycles. The summed E-state index contributed by atoms with van der Waals surface area (Å²) < 4.78 is 19.2. The molecule has 31 heavy (non-hydrogen) atoms. The Bertz CT molecular complexity index is 915. The Labute approximate surface area is 190 Å². The number of ether oxygens (including phenoxy) is 1. The third kappa shape index (κ3) is 6.27. The summed E-state index contributed by atoms with van der Waals surface area (Å²) in [5, 5.41) is 5.17. The zero-order chi connectivity index (χ0) is 22.4. The molecule has 2 aromatic rings. The summed E-state index contributed by atoms with van der Waals surface area (Å²) in [5.74, 6) is -0.661. The van der Waals surface area contributed by atoms with Gasteiger partial charge in [0.1, 0.15) is 11.6 Å². The summed E-state index contributed by atoms with van der Waals surface area (Å²) >= 11 is 3.06. The summed E-state index contributed by atoms with van der Waals surface area (Å²) in [6, 6.07) is 11.9. The largest absolute Gasteiger partial charge is 0.497 e. The van der Waals surface area contributed by atoms with Crippen LogP contribution < -0.4 is 15.4 Å². The summed E-state index contributed by atoms with van der Waals surface area (Å²) in [7, 11) is 1.62. The number of hydrogen-bond acceptors (Lipinski definition) is 4. The number of nitrogens with zero attached hydrogens (tertiary/aromatic N) is 1. The van der Waals surface area contributed by atoms with E-state index in [0.29, 0.717) is 12.5 Å². The third-order valence-corrected chi connectivity index (χ3v) is 6.24. The van der Waals surface area contributed by atoms with E-state index in [0.717, 1.165) is 43.3 Å². The Balaban J connectivity index is 1.66. The number of piperidine rings is 1. The lowest BCUT2D eigenvalue weighted by atomic mass is 9.95. The van der Waals surface area contributed by atoms with Crippen LogP contribution in [0.1, 0.15) is 31.4 Å². The SMILES string of the molecule is COc1ccc(C(CNC(=O)C(=O)Nc2ccc(Br)c(F)c2)N2CCC(C)CC2)cc1. The second-order valence-corrected chi connectivity index (χ2v) is 8.65. The van der Waals surface area contributed by atoms with Gasteiger partial charge >= 0.3 is 11.8 Å². The predicted octanol–water partition coefficient (Wildman–Crippen LogP) is 4.12. The lowest BCUT2D eigenvalue weighted by molar-refractivity contribution is -0.136. The molecule has 1 aliphatic heterocycles. The van der Waals surface area contributed by atoms with Gasteiger partial charge in [0.2, 0.25) is 0 Å². The molecule has 6 nitrogen and oxygen atoms in total. The van der Waals surface area contributed by atoms with Crippen molar-refractivity contribution in [1.29, 1.82) is 0 Å². The number of hydrogen-bond donors (Lipinski definition) is 2. The van der Waals surface area contributed by atoms with Crippen molar-refractivity contribution in [3.63, 3.8) is 0 Å². The van der Waals surface area contributed by atoms with Crippen LogP contribution >= 0.6 is 15.9 Å². The monoisotopic (exact) mass is 491 g/mol. The van der Waals surface area contributed by atoms with Crippen LogP contribution in [-0.2, 0) is 9.59 Å². The predicted molar refractivity (Wildman–Crippen MR) is 121 cm³/mol. The number of amides is 2. The number of carbonyl (C=O) groups is 2. The Kier molecular flexibility index (Phi) is 8.03. The number of anilines is 1. The lowest BCUT2D eigenvalue weighted by Crippen LogP contribution is -2.44. The van der Waals surface area contributed by atoms with E-state index in [1.165, 1.54) is 12.1 Å². The van der Waals surface area contributed by atoms with Crippen molar-refractivity contribution in [3.8, 4) is 5.75 Å². The van der Waals surface area contributed by atoms with Gasteiger partial charge in [0.05, 0.1) is 17.6 Å². The van der Waals surface area contributed by atoms with Crippen LogP contribution in [0.15, 0.2) is 46.9 Å². The maximum absolute atomic E-state index is 13.6. The summed E-state index contributed by atoms with van der Waals surface area (Å²) in [4.78, 5) is 27.0. The molecule has 2 amide bonds. The Morgan fingerprint density at radius 2 is 1.84 bits per heavy atom. The van der Waals surface area contributed by atoms with E-state index in [9.17, 15) is 14.0 Å². The molecule has 1 aliphatic rings. The Morgan fingerprint density at radius 3 is 2.45 bits per heavy atom. The number of carbonyl (C=O) groups excluding carboxylic acids is 2. The fourth-order valence-corrected chi connectivity index (χ4v) is 3.90. The molecular formula is C23H27BrFN3O3. The second kappa shape index (κ2) is 10.7. The first-order valence-corrected chi connectivity index (χ1v) is 11.1. The molecule has 1 atom stereocenters. The number of halogens is 2. The van der Waals surface area contributed by atoms with E-state index in [-0.39, 0.29) is 16.2 Å². The fourth-order valence-electron chi connectivity index (χ4n) is 3.66. The van der Waals surface area contributed by atoms with Gasteiger partial charge in [-0.2, -0.15) is 0 Å². The van der Waals surface area contributed by atoms with Gasteiger partial charge < -0.3 is 15.4 Å². The molecule has 0 aliphatic carbocycles. The van der Waals surface area contributed by atoms with Crippen LogP contribution in [0.2, 0.25) is 0 Å². The van der Waals surface area contributed by atoms with Gasteiger partial charge in [0.25, 0.3) is 0 Å². The maximum Gasteiger partial charge on any atom is 0.313 e. The van der Waals surface area contributed by atoms with Crippen molar-refractivity contribution in [1.82, 2.24) is 10.2 Å². The smallest absolute Gasteiger partial charge is 0.313 e. The molecule has 166 valence electrons. The minimum absolute atomic E-state index is 0.0553. The standard InChI is InChI=1S/C23H27BrFN3O3/c1-15-9-11-28(12-10-15)21(16-3-6-18(31-2)7-4-16)14-26-22(29)23(30)27-17-5-8-19(24)20(25)13-17/h3-8,13,15,21H,9-12,14H2,1-2H3,(H,26,29)(H,27,30). The van der Waals surface area contributed by atoms with Gasteiger partial charge in [0, 0.05) is 12.2 Å². The first-order valence-electron chi connectivity index (χ1n) is 10.3. The fraction of sp³-hybridized carbons (Fsp3) is 0.391. The molecule has 0 spiro atoms. The molecular weight excluding hydrogens is 465 g/mol. The van der Waals surface area contributed by atoms with Crippen molar-refractivity contribution in [2.75, 3.05) is 32.1 Å². The highest BCUT2D eigenvalue weighted by Crippen LogP contribution is 2.27. The zero-order valence-electron chi connectivity index (χ0n) is 17.7. The highest BCUT2D eigenvalue weighted by Gasteiger charge is 2.26. The number of nitrogens with one attached hydrogen (secondary N) is 2. The molecule has 1 unspecified atom stereocenters. The maximum atomic E-state index is 13.6. The molecule has 2 aromatic carbocycles. The van der Waals surface area contributed by atoms with Crippen molar-refractivity contribution in [2.24, 2.45) is 5.92 Å².